The lowest BCUT2D eigenvalue weighted by Gasteiger charge is -2.35. The molecular formula is C22H43NO4. The van der Waals surface area contributed by atoms with Crippen molar-refractivity contribution in [2.45, 2.75) is 92.5 Å². The van der Waals surface area contributed by atoms with Crippen molar-refractivity contribution in [1.29, 1.82) is 0 Å². The number of nitrogens with one attached hydrogen (secondary N) is 1. The van der Waals surface area contributed by atoms with E-state index in [0.29, 0.717) is 25.5 Å². The molecule has 160 valence electrons. The lowest BCUT2D eigenvalue weighted by Crippen LogP contribution is -2.41. The predicted molar refractivity (Wildman–Crippen MR) is 112 cm³/mol. The van der Waals surface area contributed by atoms with Gasteiger partial charge in [-0.05, 0) is 38.0 Å². The maximum atomic E-state index is 12.1. The molecule has 2 heterocycles. The number of carbonyl (C=O) groups is 1. The second kappa shape index (κ2) is 12.5. The third-order valence-electron chi connectivity index (χ3n) is 5.26. The zero-order valence-electron chi connectivity index (χ0n) is 17.3. The minimum absolute atomic E-state index is 0. The van der Waals surface area contributed by atoms with Crippen molar-refractivity contribution in [3.63, 3.8) is 0 Å². The van der Waals surface area contributed by atoms with Crippen LogP contribution in [0.1, 0.15) is 74.1 Å². The molecule has 0 aromatic heterocycles. The Morgan fingerprint density at radius 1 is 1.33 bits per heavy atom. The van der Waals surface area contributed by atoms with Crippen LogP contribution in [0.15, 0.2) is 12.2 Å². The molecule has 2 aliphatic heterocycles. The number of rotatable bonds is 5. The van der Waals surface area contributed by atoms with Crippen molar-refractivity contribution in [3.8, 4) is 0 Å². The molecule has 0 saturated carbocycles. The van der Waals surface area contributed by atoms with E-state index in [1.54, 1.807) is 0 Å². The molecular weight excluding hydrogens is 342 g/mol. The van der Waals surface area contributed by atoms with Gasteiger partial charge in [0.15, 0.2) is 0 Å². The van der Waals surface area contributed by atoms with E-state index in [-0.39, 0.29) is 37.1 Å². The van der Waals surface area contributed by atoms with Gasteiger partial charge in [-0.15, -0.1) is 0 Å². The van der Waals surface area contributed by atoms with E-state index >= 15 is 0 Å². The average molecular weight is 386 g/mol. The molecule has 2 N–H and O–H groups in total. The molecule has 0 aromatic rings. The van der Waals surface area contributed by atoms with Crippen molar-refractivity contribution in [2.75, 3.05) is 19.8 Å². The largest absolute Gasteiger partial charge is 0.396 e. The molecule has 2 rings (SSSR count). The molecule has 1 amide bonds. The van der Waals surface area contributed by atoms with E-state index in [9.17, 15) is 4.79 Å². The summed E-state index contributed by atoms with van der Waals surface area (Å²) in [5.74, 6) is 0.422. The maximum absolute atomic E-state index is 12.1. The van der Waals surface area contributed by atoms with Gasteiger partial charge < -0.3 is 19.9 Å². The SMILES string of the molecule is C.C=C1CC(CC(=O)NCC2CCC(C)(C)CO2)OC(C)C1C.CCCO. The number of amides is 1. The van der Waals surface area contributed by atoms with Crippen LogP contribution in [0.4, 0.5) is 0 Å². The third kappa shape index (κ3) is 9.72. The van der Waals surface area contributed by atoms with Gasteiger partial charge in [0, 0.05) is 19.1 Å². The molecule has 0 aliphatic carbocycles. The summed E-state index contributed by atoms with van der Waals surface area (Å²) in [7, 11) is 0. The van der Waals surface area contributed by atoms with E-state index in [1.807, 2.05) is 6.92 Å². The highest BCUT2D eigenvalue weighted by atomic mass is 16.5. The summed E-state index contributed by atoms with van der Waals surface area (Å²) in [6.45, 7) is 16.4. The predicted octanol–water partition coefficient (Wildman–Crippen LogP) is 4.09. The standard InChI is InChI=1S/C18H31NO3.C3H8O.CH4/c1-12-8-16(22-14(3)13(12)2)9-17(20)19-10-15-6-7-18(4,5)11-21-15;1-2-3-4;/h13-16H,1,6-11H2,2-5H3,(H,19,20);4H,2-3H2,1H3;1H4. The molecule has 4 unspecified atom stereocenters. The molecule has 2 aliphatic rings. The van der Waals surface area contributed by atoms with Gasteiger partial charge in [0.25, 0.3) is 0 Å². The smallest absolute Gasteiger partial charge is 0.222 e. The van der Waals surface area contributed by atoms with Crippen LogP contribution in [0.2, 0.25) is 0 Å². The van der Waals surface area contributed by atoms with Gasteiger partial charge in [-0.3, -0.25) is 4.79 Å². The van der Waals surface area contributed by atoms with E-state index < -0.39 is 0 Å². The zero-order chi connectivity index (χ0) is 19.7. The van der Waals surface area contributed by atoms with Gasteiger partial charge in [-0.2, -0.15) is 0 Å². The van der Waals surface area contributed by atoms with Crippen molar-refractivity contribution in [1.82, 2.24) is 5.32 Å². The summed E-state index contributed by atoms with van der Waals surface area (Å²) < 4.78 is 11.7. The average Bonchev–Trinajstić information content (AvgIpc) is 2.59. The monoisotopic (exact) mass is 385 g/mol. The minimum Gasteiger partial charge on any atom is -0.396 e. The number of aliphatic hydroxyl groups is 1. The molecule has 0 bridgehead atoms. The molecule has 2 saturated heterocycles. The number of carbonyl (C=O) groups excluding carboxylic acids is 1. The molecule has 5 nitrogen and oxygen atoms in total. The molecule has 0 aromatic carbocycles. The number of hydrogen-bond acceptors (Lipinski definition) is 4. The fourth-order valence-corrected chi connectivity index (χ4v) is 3.12. The summed E-state index contributed by atoms with van der Waals surface area (Å²) in [6, 6.07) is 0. The summed E-state index contributed by atoms with van der Waals surface area (Å²) in [5, 5.41) is 10.9. The maximum Gasteiger partial charge on any atom is 0.222 e. The van der Waals surface area contributed by atoms with Gasteiger partial charge in [0.05, 0.1) is 31.3 Å². The summed E-state index contributed by atoms with van der Waals surface area (Å²) in [6.07, 6.45) is 4.49. The van der Waals surface area contributed by atoms with E-state index in [0.717, 1.165) is 32.3 Å². The second-order valence-electron chi connectivity index (χ2n) is 8.48. The topological polar surface area (TPSA) is 67.8 Å². The van der Waals surface area contributed by atoms with Crippen molar-refractivity contribution < 1.29 is 19.4 Å². The Bertz CT molecular complexity index is 438. The molecule has 0 radical (unpaired) electrons. The van der Waals surface area contributed by atoms with Gasteiger partial charge in [-0.25, -0.2) is 0 Å². The van der Waals surface area contributed by atoms with Crippen LogP contribution >= 0.6 is 0 Å². The number of aliphatic hydroxyl groups excluding tert-OH is 1. The molecule has 4 atom stereocenters. The highest BCUT2D eigenvalue weighted by molar-refractivity contribution is 5.76. The summed E-state index contributed by atoms with van der Waals surface area (Å²) >= 11 is 0. The fraction of sp³-hybridized carbons (Fsp3) is 0.864. The van der Waals surface area contributed by atoms with Crippen LogP contribution in [0.25, 0.3) is 0 Å². The van der Waals surface area contributed by atoms with Crippen LogP contribution in [-0.4, -0.2) is 49.1 Å². The Hall–Kier alpha value is -0.910. The number of ether oxygens (including phenoxy) is 2. The zero-order valence-corrected chi connectivity index (χ0v) is 17.3. The van der Waals surface area contributed by atoms with E-state index in [4.69, 9.17) is 14.6 Å². The molecule has 27 heavy (non-hydrogen) atoms. The summed E-state index contributed by atoms with van der Waals surface area (Å²) in [4.78, 5) is 12.1. The van der Waals surface area contributed by atoms with Crippen LogP contribution in [0.5, 0.6) is 0 Å². The highest BCUT2D eigenvalue weighted by Crippen LogP contribution is 2.30. The Morgan fingerprint density at radius 2 is 1.96 bits per heavy atom. The van der Waals surface area contributed by atoms with Crippen molar-refractivity contribution >= 4 is 5.91 Å². The Labute approximate surface area is 166 Å². The fourth-order valence-electron chi connectivity index (χ4n) is 3.12. The van der Waals surface area contributed by atoms with Gasteiger partial charge >= 0.3 is 0 Å². The first-order chi connectivity index (χ1) is 12.2. The van der Waals surface area contributed by atoms with Gasteiger partial charge in [0.2, 0.25) is 5.91 Å². The number of hydrogen-bond donors (Lipinski definition) is 2. The first kappa shape index (κ1) is 26.1. The highest BCUT2D eigenvalue weighted by Gasteiger charge is 2.30. The Morgan fingerprint density at radius 3 is 2.44 bits per heavy atom. The molecule has 0 spiro atoms. The van der Waals surface area contributed by atoms with Crippen LogP contribution in [-0.2, 0) is 14.3 Å². The van der Waals surface area contributed by atoms with Crippen molar-refractivity contribution in [2.24, 2.45) is 11.3 Å². The molecule has 5 heteroatoms. The molecule has 2 fully saturated rings. The van der Waals surface area contributed by atoms with Gasteiger partial charge in [-0.1, -0.05) is 47.3 Å². The summed E-state index contributed by atoms with van der Waals surface area (Å²) in [5.41, 5.74) is 1.46. The van der Waals surface area contributed by atoms with E-state index in [1.165, 1.54) is 5.57 Å². The second-order valence-corrected chi connectivity index (χ2v) is 8.48. The lowest BCUT2D eigenvalue weighted by atomic mass is 9.85. The minimum atomic E-state index is -0.0371. The quantitative estimate of drug-likeness (QED) is 0.700. The van der Waals surface area contributed by atoms with Gasteiger partial charge in [0.1, 0.15) is 0 Å². The van der Waals surface area contributed by atoms with Crippen molar-refractivity contribution in [3.05, 3.63) is 12.2 Å². The first-order valence-electron chi connectivity index (χ1n) is 10.0. The third-order valence-corrected chi connectivity index (χ3v) is 5.26. The normalized spacial score (nSPS) is 29.8. The first-order valence-corrected chi connectivity index (χ1v) is 10.0. The Balaban J connectivity index is 0.00000123. The lowest BCUT2D eigenvalue weighted by molar-refractivity contribution is -0.128. The van der Waals surface area contributed by atoms with Crippen LogP contribution in [0, 0.1) is 11.3 Å². The Kier molecular flexibility index (Phi) is 12.1. The van der Waals surface area contributed by atoms with Crippen LogP contribution < -0.4 is 5.32 Å². The van der Waals surface area contributed by atoms with Crippen LogP contribution in [0.3, 0.4) is 0 Å². The van der Waals surface area contributed by atoms with E-state index in [2.05, 4.69) is 39.6 Å².